The number of anilines is 2. The lowest BCUT2D eigenvalue weighted by Gasteiger charge is -2.16. The van der Waals surface area contributed by atoms with E-state index < -0.39 is 5.41 Å². The Bertz CT molecular complexity index is 917. The van der Waals surface area contributed by atoms with E-state index in [4.69, 9.17) is 9.47 Å². The minimum atomic E-state index is -1.09. The highest BCUT2D eigenvalue weighted by atomic mass is 16.5. The summed E-state index contributed by atoms with van der Waals surface area (Å²) in [6.07, 6.45) is 0.951. The second-order valence-corrected chi connectivity index (χ2v) is 6.69. The van der Waals surface area contributed by atoms with Gasteiger partial charge in [-0.25, -0.2) is 0 Å². The molecule has 0 aromatic heterocycles. The molecule has 2 amide bonds. The molecule has 0 saturated heterocycles. The summed E-state index contributed by atoms with van der Waals surface area (Å²) in [6, 6.07) is 11.6. The van der Waals surface area contributed by atoms with Crippen molar-refractivity contribution < 1.29 is 23.9 Å². The number of benzene rings is 2. The highest BCUT2D eigenvalue weighted by Crippen LogP contribution is 2.47. The smallest absolute Gasteiger partial charge is 0.240 e. The maximum Gasteiger partial charge on any atom is 0.240 e. The quantitative estimate of drug-likeness (QED) is 0.566. The van der Waals surface area contributed by atoms with Crippen LogP contribution in [0.3, 0.4) is 0 Å². The van der Waals surface area contributed by atoms with Crippen molar-refractivity contribution in [3.63, 3.8) is 0 Å². The van der Waals surface area contributed by atoms with E-state index in [1.54, 1.807) is 42.5 Å². The van der Waals surface area contributed by atoms with Crippen LogP contribution in [0.2, 0.25) is 0 Å². The summed E-state index contributed by atoms with van der Waals surface area (Å²) in [4.78, 5) is 36.8. The molecular weight excluding hydrogens is 360 g/mol. The molecule has 1 saturated carbocycles. The van der Waals surface area contributed by atoms with E-state index in [0.717, 1.165) is 0 Å². The Hall–Kier alpha value is -3.35. The Morgan fingerprint density at radius 1 is 0.821 bits per heavy atom. The number of carbonyl (C=O) groups is 3. The minimum Gasteiger partial charge on any atom is -0.493 e. The van der Waals surface area contributed by atoms with Gasteiger partial charge in [0.05, 0.1) is 14.2 Å². The number of hydrogen-bond donors (Lipinski definition) is 2. The van der Waals surface area contributed by atoms with Gasteiger partial charge in [0.1, 0.15) is 5.41 Å². The maximum atomic E-state index is 12.7. The van der Waals surface area contributed by atoms with Crippen molar-refractivity contribution in [1.82, 2.24) is 0 Å². The summed E-state index contributed by atoms with van der Waals surface area (Å²) >= 11 is 0. The number of ketones is 1. The number of methoxy groups -OCH3 is 2. The molecule has 1 fully saturated rings. The van der Waals surface area contributed by atoms with Crippen LogP contribution < -0.4 is 20.1 Å². The van der Waals surface area contributed by atoms with Crippen LogP contribution in [-0.4, -0.2) is 31.8 Å². The highest BCUT2D eigenvalue weighted by molar-refractivity contribution is 6.17. The van der Waals surface area contributed by atoms with Crippen LogP contribution in [0.5, 0.6) is 11.5 Å². The number of ether oxygens (including phenoxy) is 2. The number of Topliss-reactive ketones (excluding diaryl/α,β-unsaturated/α-hetero) is 1. The van der Waals surface area contributed by atoms with Gasteiger partial charge in [-0.15, -0.1) is 0 Å². The standard InChI is InChI=1S/C21H22N2O5/c1-13(24)14-4-6-15(7-5-14)22-19(25)21(10-11-21)20(26)23-16-8-9-17(27-2)18(12-16)28-3/h4-9,12H,10-11H2,1-3H3,(H,22,25)(H,23,26). The first-order chi connectivity index (χ1) is 13.4. The van der Waals surface area contributed by atoms with Gasteiger partial charge in [-0.1, -0.05) is 0 Å². The maximum absolute atomic E-state index is 12.7. The molecule has 0 unspecified atom stereocenters. The van der Waals surface area contributed by atoms with Crippen molar-refractivity contribution in [2.45, 2.75) is 19.8 Å². The van der Waals surface area contributed by atoms with Gasteiger partial charge in [-0.2, -0.15) is 0 Å². The average molecular weight is 382 g/mol. The molecule has 0 atom stereocenters. The molecule has 1 aliphatic rings. The number of hydrogen-bond acceptors (Lipinski definition) is 5. The topological polar surface area (TPSA) is 93.7 Å². The van der Waals surface area contributed by atoms with Gasteiger partial charge in [-0.3, -0.25) is 14.4 Å². The van der Waals surface area contributed by atoms with Crippen molar-refractivity contribution >= 4 is 29.0 Å². The van der Waals surface area contributed by atoms with Crippen LogP contribution in [0.4, 0.5) is 11.4 Å². The van der Waals surface area contributed by atoms with E-state index in [-0.39, 0.29) is 17.6 Å². The fourth-order valence-electron chi connectivity index (χ4n) is 2.89. The van der Waals surface area contributed by atoms with E-state index in [1.807, 2.05) is 0 Å². The molecule has 28 heavy (non-hydrogen) atoms. The van der Waals surface area contributed by atoms with Crippen LogP contribution in [0.25, 0.3) is 0 Å². The summed E-state index contributed by atoms with van der Waals surface area (Å²) in [5.74, 6) is 0.262. The molecule has 1 aliphatic carbocycles. The number of amides is 2. The van der Waals surface area contributed by atoms with Gasteiger partial charge >= 0.3 is 0 Å². The van der Waals surface area contributed by atoms with Gasteiger partial charge in [0, 0.05) is 23.0 Å². The van der Waals surface area contributed by atoms with Crippen LogP contribution >= 0.6 is 0 Å². The Morgan fingerprint density at radius 3 is 1.86 bits per heavy atom. The lowest BCUT2D eigenvalue weighted by atomic mass is 10.0. The molecule has 146 valence electrons. The Kier molecular flexibility index (Phi) is 5.35. The number of rotatable bonds is 7. The summed E-state index contributed by atoms with van der Waals surface area (Å²) in [5.41, 5.74) is 0.532. The van der Waals surface area contributed by atoms with Gasteiger partial charge < -0.3 is 20.1 Å². The van der Waals surface area contributed by atoms with E-state index in [9.17, 15) is 14.4 Å². The van der Waals surface area contributed by atoms with Crippen LogP contribution in [0.1, 0.15) is 30.1 Å². The van der Waals surface area contributed by atoms with Gasteiger partial charge in [0.15, 0.2) is 17.3 Å². The molecule has 2 N–H and O–H groups in total. The Morgan fingerprint density at radius 2 is 1.36 bits per heavy atom. The third-order valence-corrected chi connectivity index (χ3v) is 4.81. The predicted molar refractivity (Wildman–Crippen MR) is 105 cm³/mol. The van der Waals surface area contributed by atoms with Crippen molar-refractivity contribution in [1.29, 1.82) is 0 Å². The summed E-state index contributed by atoms with van der Waals surface area (Å²) in [6.45, 7) is 1.48. The van der Waals surface area contributed by atoms with Crippen molar-refractivity contribution in [2.24, 2.45) is 5.41 Å². The van der Waals surface area contributed by atoms with Crippen molar-refractivity contribution in [2.75, 3.05) is 24.9 Å². The van der Waals surface area contributed by atoms with E-state index in [2.05, 4.69) is 10.6 Å². The first kappa shape index (κ1) is 19.4. The Balaban J connectivity index is 1.69. The molecule has 0 heterocycles. The molecule has 0 aliphatic heterocycles. The summed E-state index contributed by atoms with van der Waals surface area (Å²) in [5, 5.41) is 5.54. The van der Waals surface area contributed by atoms with Crippen LogP contribution in [-0.2, 0) is 9.59 Å². The summed E-state index contributed by atoms with van der Waals surface area (Å²) < 4.78 is 10.4. The normalized spacial score (nSPS) is 14.0. The molecule has 0 radical (unpaired) electrons. The molecule has 3 rings (SSSR count). The van der Waals surface area contributed by atoms with Gasteiger partial charge in [0.25, 0.3) is 0 Å². The van der Waals surface area contributed by atoms with E-state index in [0.29, 0.717) is 41.3 Å². The lowest BCUT2D eigenvalue weighted by molar-refractivity contribution is -0.131. The first-order valence-corrected chi connectivity index (χ1v) is 8.85. The van der Waals surface area contributed by atoms with E-state index in [1.165, 1.54) is 21.1 Å². The molecule has 7 heteroatoms. The third-order valence-electron chi connectivity index (χ3n) is 4.81. The largest absolute Gasteiger partial charge is 0.493 e. The molecule has 2 aromatic rings. The first-order valence-electron chi connectivity index (χ1n) is 8.85. The number of nitrogens with one attached hydrogen (secondary N) is 2. The fourth-order valence-corrected chi connectivity index (χ4v) is 2.89. The average Bonchev–Trinajstić information content (AvgIpc) is 3.50. The molecule has 0 spiro atoms. The SMILES string of the molecule is COc1ccc(NC(=O)C2(C(=O)Nc3ccc(C(C)=O)cc3)CC2)cc1OC. The minimum absolute atomic E-state index is 0.0502. The molecule has 2 aromatic carbocycles. The lowest BCUT2D eigenvalue weighted by Crippen LogP contribution is -2.35. The Labute approximate surface area is 163 Å². The zero-order valence-electron chi connectivity index (χ0n) is 16.0. The molecule has 0 bridgehead atoms. The zero-order chi connectivity index (χ0) is 20.3. The van der Waals surface area contributed by atoms with Gasteiger partial charge in [0.2, 0.25) is 11.8 Å². The van der Waals surface area contributed by atoms with Crippen molar-refractivity contribution in [3.05, 3.63) is 48.0 Å². The van der Waals surface area contributed by atoms with Crippen LogP contribution in [0.15, 0.2) is 42.5 Å². The molecule has 7 nitrogen and oxygen atoms in total. The van der Waals surface area contributed by atoms with Gasteiger partial charge in [-0.05, 0) is 56.2 Å². The second-order valence-electron chi connectivity index (χ2n) is 6.69. The van der Waals surface area contributed by atoms with Crippen LogP contribution in [0, 0.1) is 5.41 Å². The monoisotopic (exact) mass is 382 g/mol. The number of carbonyl (C=O) groups excluding carboxylic acids is 3. The second kappa shape index (κ2) is 7.72. The fraction of sp³-hybridized carbons (Fsp3) is 0.286. The van der Waals surface area contributed by atoms with E-state index >= 15 is 0 Å². The third kappa shape index (κ3) is 3.83. The van der Waals surface area contributed by atoms with Crippen molar-refractivity contribution in [3.8, 4) is 11.5 Å². The highest BCUT2D eigenvalue weighted by Gasteiger charge is 2.56. The zero-order valence-corrected chi connectivity index (χ0v) is 16.0. The predicted octanol–water partition coefficient (Wildman–Crippen LogP) is 3.26. The molecular formula is C21H22N2O5. The summed E-state index contributed by atoms with van der Waals surface area (Å²) in [7, 11) is 3.04.